The van der Waals surface area contributed by atoms with Crippen molar-refractivity contribution in [3.8, 4) is 11.5 Å². The highest BCUT2D eigenvalue weighted by Gasteiger charge is 2.47. The number of rotatable bonds is 4. The third-order valence-electron chi connectivity index (χ3n) is 5.17. The van der Waals surface area contributed by atoms with Gasteiger partial charge in [0.1, 0.15) is 28.9 Å². The van der Waals surface area contributed by atoms with E-state index in [1.807, 2.05) is 0 Å². The first-order valence-corrected chi connectivity index (χ1v) is 9.51. The number of benzene rings is 3. The van der Waals surface area contributed by atoms with Gasteiger partial charge in [-0.25, -0.2) is 8.78 Å². The average Bonchev–Trinajstić information content (AvgIpc) is 3.05. The van der Waals surface area contributed by atoms with Crippen LogP contribution < -0.4 is 9.64 Å². The molecule has 0 saturated carbocycles. The molecule has 32 heavy (non-hydrogen) atoms. The number of ether oxygens (including phenoxy) is 1. The van der Waals surface area contributed by atoms with Crippen LogP contribution in [0.1, 0.15) is 17.2 Å². The van der Waals surface area contributed by atoms with Gasteiger partial charge in [-0.05, 0) is 60.2 Å². The van der Waals surface area contributed by atoms with Gasteiger partial charge in [-0.2, -0.15) is 0 Å². The van der Waals surface area contributed by atoms with Crippen LogP contribution in [0.25, 0.3) is 5.76 Å². The van der Waals surface area contributed by atoms with E-state index in [2.05, 4.69) is 0 Å². The van der Waals surface area contributed by atoms with E-state index in [1.165, 1.54) is 49.6 Å². The summed E-state index contributed by atoms with van der Waals surface area (Å²) in [6, 6.07) is 12.9. The van der Waals surface area contributed by atoms with Gasteiger partial charge >= 0.3 is 0 Å². The van der Waals surface area contributed by atoms with Gasteiger partial charge in [0, 0.05) is 5.69 Å². The van der Waals surface area contributed by atoms with Crippen molar-refractivity contribution in [2.75, 3.05) is 12.0 Å². The Balaban J connectivity index is 1.98. The number of ketones is 1. The molecule has 162 valence electrons. The van der Waals surface area contributed by atoms with Crippen molar-refractivity contribution in [3.05, 3.63) is 95.1 Å². The highest BCUT2D eigenvalue weighted by Crippen LogP contribution is 2.43. The van der Waals surface area contributed by atoms with E-state index >= 15 is 0 Å². The minimum Gasteiger partial charge on any atom is -0.508 e. The zero-order valence-corrected chi connectivity index (χ0v) is 16.8. The zero-order chi connectivity index (χ0) is 23.0. The molecule has 1 aliphatic heterocycles. The fourth-order valence-electron chi connectivity index (χ4n) is 3.68. The van der Waals surface area contributed by atoms with Crippen LogP contribution in [0.5, 0.6) is 11.5 Å². The largest absolute Gasteiger partial charge is 0.508 e. The predicted octanol–water partition coefficient (Wildman–Crippen LogP) is 4.31. The monoisotopic (exact) mass is 437 g/mol. The normalized spacial score (nSPS) is 17.6. The summed E-state index contributed by atoms with van der Waals surface area (Å²) in [5.74, 6) is -3.73. The summed E-state index contributed by atoms with van der Waals surface area (Å²) >= 11 is 0. The molecule has 3 aromatic rings. The second-order valence-corrected chi connectivity index (χ2v) is 7.08. The van der Waals surface area contributed by atoms with Gasteiger partial charge in [0.2, 0.25) is 0 Å². The third kappa shape index (κ3) is 3.56. The van der Waals surface area contributed by atoms with Crippen LogP contribution in [0.15, 0.2) is 72.3 Å². The number of aliphatic hydroxyl groups is 1. The number of methoxy groups -OCH3 is 1. The van der Waals surface area contributed by atoms with E-state index in [-0.39, 0.29) is 28.3 Å². The van der Waals surface area contributed by atoms with Crippen LogP contribution in [0.2, 0.25) is 0 Å². The van der Waals surface area contributed by atoms with Gasteiger partial charge < -0.3 is 14.9 Å². The Bertz CT molecular complexity index is 1240. The Kier molecular flexibility index (Phi) is 5.36. The number of nitrogens with zero attached hydrogens (tertiary/aromatic N) is 1. The summed E-state index contributed by atoms with van der Waals surface area (Å²) in [4.78, 5) is 27.1. The van der Waals surface area contributed by atoms with Crippen molar-refractivity contribution in [3.63, 3.8) is 0 Å². The molecular formula is C24H17F2NO5. The first-order chi connectivity index (χ1) is 15.3. The summed E-state index contributed by atoms with van der Waals surface area (Å²) < 4.78 is 32.6. The van der Waals surface area contributed by atoms with Gasteiger partial charge in [0.15, 0.2) is 0 Å². The molecule has 1 aliphatic rings. The van der Waals surface area contributed by atoms with Gasteiger partial charge in [-0.15, -0.1) is 0 Å². The van der Waals surface area contributed by atoms with Crippen molar-refractivity contribution in [1.82, 2.24) is 0 Å². The number of hydrogen-bond donors (Lipinski definition) is 2. The number of halogens is 2. The first-order valence-electron chi connectivity index (χ1n) is 9.51. The fourth-order valence-corrected chi connectivity index (χ4v) is 3.68. The lowest BCUT2D eigenvalue weighted by Gasteiger charge is -2.25. The van der Waals surface area contributed by atoms with Crippen molar-refractivity contribution < 1.29 is 33.3 Å². The highest BCUT2D eigenvalue weighted by molar-refractivity contribution is 6.51. The molecule has 1 atom stereocenters. The molecule has 0 radical (unpaired) electrons. The zero-order valence-electron chi connectivity index (χ0n) is 16.8. The van der Waals surface area contributed by atoms with Crippen LogP contribution in [0.3, 0.4) is 0 Å². The Labute approximate surface area is 181 Å². The lowest BCUT2D eigenvalue weighted by molar-refractivity contribution is -0.132. The summed E-state index contributed by atoms with van der Waals surface area (Å²) in [7, 11) is 1.32. The molecule has 0 bridgehead atoms. The Morgan fingerprint density at radius 2 is 1.56 bits per heavy atom. The van der Waals surface area contributed by atoms with Crippen LogP contribution in [0.4, 0.5) is 14.5 Å². The molecule has 2 N–H and O–H groups in total. The maximum Gasteiger partial charge on any atom is 0.300 e. The minimum atomic E-state index is -1.12. The smallest absolute Gasteiger partial charge is 0.300 e. The molecular weight excluding hydrogens is 420 g/mol. The van der Waals surface area contributed by atoms with Crippen LogP contribution in [0, 0.1) is 11.6 Å². The molecule has 1 amide bonds. The Hall–Kier alpha value is -4.20. The first kappa shape index (κ1) is 21.0. The topological polar surface area (TPSA) is 87.1 Å². The van der Waals surface area contributed by atoms with Crippen molar-refractivity contribution in [1.29, 1.82) is 0 Å². The summed E-state index contributed by atoms with van der Waals surface area (Å²) in [5.41, 5.74) is 0.211. The summed E-state index contributed by atoms with van der Waals surface area (Å²) in [5, 5.41) is 20.7. The average molecular weight is 437 g/mol. The fraction of sp³-hybridized carbons (Fsp3) is 0.0833. The standard InChI is InChI=1S/C24H17F2NO5/c1-32-19-11-6-15(26)12-18(19)22(29)20-21(13-2-9-17(28)10-3-13)27(24(31)23(20)30)16-7-4-14(25)5-8-16/h2-12,21,28-29H,1H3/b22-20+. The number of aromatic hydroxyl groups is 1. The van der Waals surface area contributed by atoms with Gasteiger partial charge in [0.25, 0.3) is 11.7 Å². The molecule has 1 saturated heterocycles. The SMILES string of the molecule is COc1ccc(F)cc1/C(O)=C1\C(=O)C(=O)N(c2ccc(F)cc2)C1c1ccc(O)cc1. The number of carbonyl (C=O) groups excluding carboxylic acids is 2. The van der Waals surface area contributed by atoms with Gasteiger partial charge in [-0.3, -0.25) is 14.5 Å². The quantitative estimate of drug-likeness (QED) is 0.361. The van der Waals surface area contributed by atoms with Crippen molar-refractivity contribution in [2.45, 2.75) is 6.04 Å². The molecule has 8 heteroatoms. The lowest BCUT2D eigenvalue weighted by Crippen LogP contribution is -2.29. The Morgan fingerprint density at radius 3 is 2.19 bits per heavy atom. The number of aliphatic hydroxyl groups excluding tert-OH is 1. The van der Waals surface area contributed by atoms with Crippen molar-refractivity contribution >= 4 is 23.1 Å². The molecule has 1 heterocycles. The highest BCUT2D eigenvalue weighted by atomic mass is 19.1. The van der Waals surface area contributed by atoms with E-state index in [0.717, 1.165) is 29.2 Å². The third-order valence-corrected chi connectivity index (χ3v) is 5.17. The molecule has 1 fully saturated rings. The number of phenols is 1. The number of hydrogen-bond acceptors (Lipinski definition) is 5. The van der Waals surface area contributed by atoms with Crippen LogP contribution in [-0.4, -0.2) is 29.0 Å². The molecule has 6 nitrogen and oxygen atoms in total. The van der Waals surface area contributed by atoms with Gasteiger partial charge in [0.05, 0.1) is 24.3 Å². The Morgan fingerprint density at radius 1 is 0.938 bits per heavy atom. The molecule has 4 rings (SSSR count). The molecule has 0 aliphatic carbocycles. The number of carbonyl (C=O) groups is 2. The van der Waals surface area contributed by atoms with Crippen molar-refractivity contribution in [2.24, 2.45) is 0 Å². The van der Waals surface area contributed by atoms with E-state index in [9.17, 15) is 28.6 Å². The van der Waals surface area contributed by atoms with E-state index in [1.54, 1.807) is 0 Å². The van der Waals surface area contributed by atoms with E-state index in [4.69, 9.17) is 4.74 Å². The maximum atomic E-state index is 13.9. The predicted molar refractivity (Wildman–Crippen MR) is 112 cm³/mol. The van der Waals surface area contributed by atoms with E-state index < -0.39 is 35.1 Å². The summed E-state index contributed by atoms with van der Waals surface area (Å²) in [6.45, 7) is 0. The number of phenolic OH excluding ortho intramolecular Hbond substituents is 1. The minimum absolute atomic E-state index is 0.0423. The molecule has 1 unspecified atom stereocenters. The summed E-state index contributed by atoms with van der Waals surface area (Å²) in [6.07, 6.45) is 0. The second-order valence-electron chi connectivity index (χ2n) is 7.08. The molecule has 0 spiro atoms. The maximum absolute atomic E-state index is 13.9. The lowest BCUT2D eigenvalue weighted by atomic mass is 9.94. The number of Topliss-reactive ketones (excluding diaryl/α,β-unsaturated/α-hetero) is 1. The van der Waals surface area contributed by atoms with Crippen LogP contribution in [-0.2, 0) is 9.59 Å². The number of anilines is 1. The molecule has 3 aromatic carbocycles. The molecule has 0 aromatic heterocycles. The van der Waals surface area contributed by atoms with Gasteiger partial charge in [-0.1, -0.05) is 12.1 Å². The van der Waals surface area contributed by atoms with Crippen LogP contribution >= 0.6 is 0 Å². The van der Waals surface area contributed by atoms with E-state index in [0.29, 0.717) is 5.56 Å². The second kappa shape index (κ2) is 8.14. The number of amides is 1.